The molecule has 0 spiro atoms. The number of hydrogen-bond acceptors (Lipinski definition) is 3. The van der Waals surface area contributed by atoms with Crippen molar-refractivity contribution < 1.29 is 22.7 Å². The van der Waals surface area contributed by atoms with E-state index in [0.29, 0.717) is 12.8 Å². The van der Waals surface area contributed by atoms with Crippen molar-refractivity contribution in [2.75, 3.05) is 11.9 Å². The Labute approximate surface area is 121 Å². The van der Waals surface area contributed by atoms with Gasteiger partial charge in [0.25, 0.3) is 0 Å². The zero-order valence-electron chi connectivity index (χ0n) is 12.0. The Morgan fingerprint density at radius 3 is 2.38 bits per heavy atom. The first-order chi connectivity index (χ1) is 9.76. The SMILES string of the molecule is CCC(CC)(CN)C(=O)Nc1cccc(OC(F)(F)F)c1. The highest BCUT2D eigenvalue weighted by Crippen LogP contribution is 2.29. The summed E-state index contributed by atoms with van der Waals surface area (Å²) >= 11 is 0. The highest BCUT2D eigenvalue weighted by atomic mass is 19.4. The quantitative estimate of drug-likeness (QED) is 0.847. The van der Waals surface area contributed by atoms with Crippen LogP contribution in [0.25, 0.3) is 0 Å². The van der Waals surface area contributed by atoms with Crippen molar-refractivity contribution in [3.63, 3.8) is 0 Å². The second-order valence-corrected chi connectivity index (χ2v) is 4.72. The van der Waals surface area contributed by atoms with Gasteiger partial charge in [-0.25, -0.2) is 0 Å². The minimum Gasteiger partial charge on any atom is -0.406 e. The van der Waals surface area contributed by atoms with E-state index in [9.17, 15) is 18.0 Å². The maximum atomic E-state index is 12.3. The first-order valence-corrected chi connectivity index (χ1v) is 6.63. The molecule has 0 atom stereocenters. The monoisotopic (exact) mass is 304 g/mol. The van der Waals surface area contributed by atoms with Crippen molar-refractivity contribution in [1.82, 2.24) is 0 Å². The lowest BCUT2D eigenvalue weighted by atomic mass is 9.81. The summed E-state index contributed by atoms with van der Waals surface area (Å²) in [6, 6.07) is 5.16. The number of amides is 1. The van der Waals surface area contributed by atoms with Gasteiger partial charge in [0.05, 0.1) is 5.41 Å². The lowest BCUT2D eigenvalue weighted by Gasteiger charge is -2.28. The van der Waals surface area contributed by atoms with Gasteiger partial charge in [-0.2, -0.15) is 0 Å². The predicted octanol–water partition coefficient (Wildman–Crippen LogP) is 3.29. The average Bonchev–Trinajstić information content (AvgIpc) is 2.40. The van der Waals surface area contributed by atoms with E-state index in [2.05, 4.69) is 10.1 Å². The summed E-state index contributed by atoms with van der Waals surface area (Å²) in [5.41, 5.74) is 5.18. The van der Waals surface area contributed by atoms with Crippen molar-refractivity contribution in [2.45, 2.75) is 33.1 Å². The van der Waals surface area contributed by atoms with E-state index >= 15 is 0 Å². The molecule has 0 radical (unpaired) electrons. The molecule has 0 fully saturated rings. The topological polar surface area (TPSA) is 64.4 Å². The van der Waals surface area contributed by atoms with Crippen molar-refractivity contribution in [1.29, 1.82) is 0 Å². The molecule has 0 saturated carbocycles. The van der Waals surface area contributed by atoms with Crippen LogP contribution in [0.2, 0.25) is 0 Å². The van der Waals surface area contributed by atoms with Gasteiger partial charge in [-0.05, 0) is 25.0 Å². The van der Waals surface area contributed by atoms with Crippen LogP contribution in [-0.4, -0.2) is 18.8 Å². The van der Waals surface area contributed by atoms with Crippen LogP contribution >= 0.6 is 0 Å². The van der Waals surface area contributed by atoms with Gasteiger partial charge in [0.1, 0.15) is 5.75 Å². The fourth-order valence-corrected chi connectivity index (χ4v) is 1.99. The lowest BCUT2D eigenvalue weighted by Crippen LogP contribution is -2.41. The van der Waals surface area contributed by atoms with Crippen molar-refractivity contribution in [3.8, 4) is 5.75 Å². The molecular weight excluding hydrogens is 285 g/mol. The second kappa shape index (κ2) is 6.80. The molecule has 0 aliphatic rings. The standard InChI is InChI=1S/C14H19F3N2O2/c1-3-13(4-2,9-18)12(20)19-10-6-5-7-11(8-10)21-14(15,16)17/h5-8H,3-4,9,18H2,1-2H3,(H,19,20). The largest absolute Gasteiger partial charge is 0.573 e. The molecule has 118 valence electrons. The van der Waals surface area contributed by atoms with Gasteiger partial charge in [0.2, 0.25) is 5.91 Å². The average molecular weight is 304 g/mol. The van der Waals surface area contributed by atoms with E-state index in [-0.39, 0.29) is 23.9 Å². The number of halogens is 3. The van der Waals surface area contributed by atoms with Gasteiger partial charge in [-0.15, -0.1) is 13.2 Å². The summed E-state index contributed by atoms with van der Waals surface area (Å²) in [4.78, 5) is 12.3. The van der Waals surface area contributed by atoms with Crippen molar-refractivity contribution >= 4 is 11.6 Å². The van der Waals surface area contributed by atoms with Crippen LogP contribution in [-0.2, 0) is 4.79 Å². The van der Waals surface area contributed by atoms with Crippen LogP contribution in [0.1, 0.15) is 26.7 Å². The van der Waals surface area contributed by atoms with Crippen LogP contribution in [0.4, 0.5) is 18.9 Å². The minimum absolute atomic E-state index is 0.171. The van der Waals surface area contributed by atoms with Gasteiger partial charge < -0.3 is 15.8 Å². The molecule has 1 rings (SSSR count). The molecule has 0 unspecified atom stereocenters. The Balaban J connectivity index is 2.88. The normalized spacial score (nSPS) is 12.1. The molecular formula is C14H19F3N2O2. The molecule has 1 aromatic rings. The van der Waals surface area contributed by atoms with Gasteiger partial charge in [0.15, 0.2) is 0 Å². The zero-order valence-corrected chi connectivity index (χ0v) is 12.0. The molecule has 0 saturated heterocycles. The van der Waals surface area contributed by atoms with Crippen LogP contribution in [0.15, 0.2) is 24.3 Å². The fourth-order valence-electron chi connectivity index (χ4n) is 1.99. The Kier molecular flexibility index (Phi) is 5.60. The van der Waals surface area contributed by atoms with Gasteiger partial charge in [-0.3, -0.25) is 4.79 Å². The van der Waals surface area contributed by atoms with Gasteiger partial charge in [0, 0.05) is 18.3 Å². The summed E-state index contributed by atoms with van der Waals surface area (Å²) in [7, 11) is 0. The number of nitrogens with two attached hydrogens (primary N) is 1. The Morgan fingerprint density at radius 2 is 1.90 bits per heavy atom. The molecule has 21 heavy (non-hydrogen) atoms. The number of hydrogen-bond donors (Lipinski definition) is 2. The van der Waals surface area contributed by atoms with Crippen LogP contribution < -0.4 is 15.8 Å². The number of alkyl halides is 3. The molecule has 0 bridgehead atoms. The molecule has 4 nitrogen and oxygen atoms in total. The highest BCUT2D eigenvalue weighted by Gasteiger charge is 2.34. The van der Waals surface area contributed by atoms with E-state index in [1.807, 2.05) is 13.8 Å². The van der Waals surface area contributed by atoms with Crippen LogP contribution in [0.3, 0.4) is 0 Å². The Bertz CT molecular complexity index is 477. The van der Waals surface area contributed by atoms with E-state index < -0.39 is 11.8 Å². The summed E-state index contributed by atoms with van der Waals surface area (Å²) in [5.74, 6) is -0.689. The molecule has 0 aliphatic heterocycles. The molecule has 0 heterocycles. The number of rotatable bonds is 6. The lowest BCUT2D eigenvalue weighted by molar-refractivity contribution is -0.274. The number of anilines is 1. The first kappa shape index (κ1) is 17.3. The third-order valence-corrected chi connectivity index (χ3v) is 3.55. The highest BCUT2D eigenvalue weighted by molar-refractivity contribution is 5.95. The van der Waals surface area contributed by atoms with Gasteiger partial charge >= 0.3 is 6.36 Å². The summed E-state index contributed by atoms with van der Waals surface area (Å²) in [6.45, 7) is 3.86. The minimum atomic E-state index is -4.77. The molecule has 0 aliphatic carbocycles. The number of carbonyl (C=O) groups is 1. The fraction of sp³-hybridized carbons (Fsp3) is 0.500. The molecule has 3 N–H and O–H groups in total. The zero-order chi connectivity index (χ0) is 16.1. The predicted molar refractivity (Wildman–Crippen MR) is 73.8 cm³/mol. The van der Waals surface area contributed by atoms with Crippen molar-refractivity contribution in [3.05, 3.63) is 24.3 Å². The maximum absolute atomic E-state index is 12.3. The Morgan fingerprint density at radius 1 is 1.29 bits per heavy atom. The maximum Gasteiger partial charge on any atom is 0.573 e. The van der Waals surface area contributed by atoms with Crippen LogP contribution in [0, 0.1) is 5.41 Å². The van der Waals surface area contributed by atoms with Crippen LogP contribution in [0.5, 0.6) is 5.75 Å². The number of benzene rings is 1. The number of nitrogens with one attached hydrogen (secondary N) is 1. The number of ether oxygens (including phenoxy) is 1. The second-order valence-electron chi connectivity index (χ2n) is 4.72. The first-order valence-electron chi connectivity index (χ1n) is 6.63. The third kappa shape index (κ3) is 4.63. The molecule has 0 aromatic heterocycles. The molecule has 7 heteroatoms. The number of carbonyl (C=O) groups excluding carboxylic acids is 1. The van der Waals surface area contributed by atoms with E-state index in [4.69, 9.17) is 5.73 Å². The summed E-state index contributed by atoms with van der Waals surface area (Å²) < 4.78 is 40.3. The van der Waals surface area contributed by atoms with Gasteiger partial charge in [-0.1, -0.05) is 19.9 Å². The molecule has 1 amide bonds. The third-order valence-electron chi connectivity index (χ3n) is 3.55. The Hall–Kier alpha value is -1.76. The molecule has 1 aromatic carbocycles. The smallest absolute Gasteiger partial charge is 0.406 e. The van der Waals surface area contributed by atoms with E-state index in [1.54, 1.807) is 0 Å². The van der Waals surface area contributed by atoms with E-state index in [0.717, 1.165) is 6.07 Å². The van der Waals surface area contributed by atoms with E-state index in [1.165, 1.54) is 18.2 Å². The van der Waals surface area contributed by atoms with Crippen molar-refractivity contribution in [2.24, 2.45) is 11.1 Å². The summed E-state index contributed by atoms with van der Waals surface area (Å²) in [5, 5.41) is 2.60. The summed E-state index contributed by atoms with van der Waals surface area (Å²) in [6.07, 6.45) is -3.67.